The highest BCUT2D eigenvalue weighted by Crippen LogP contribution is 2.25. The molecular formula is C17H23ClFNO. The molecule has 1 aromatic rings. The third-order valence-corrected chi connectivity index (χ3v) is 4.39. The van der Waals surface area contributed by atoms with Gasteiger partial charge >= 0.3 is 0 Å². The number of halogens is 2. The van der Waals surface area contributed by atoms with Gasteiger partial charge in [0, 0.05) is 30.6 Å². The maximum Gasteiger partial charge on any atom is 0.144 e. The summed E-state index contributed by atoms with van der Waals surface area (Å²) in [6.07, 6.45) is 0.461. The summed E-state index contributed by atoms with van der Waals surface area (Å²) in [5, 5.41) is 0.674. The van der Waals surface area contributed by atoms with Crippen molar-refractivity contribution in [3.8, 4) is 0 Å². The number of hydrogen-bond donors (Lipinski definition) is 0. The van der Waals surface area contributed by atoms with E-state index >= 15 is 0 Å². The van der Waals surface area contributed by atoms with Gasteiger partial charge in [-0.2, -0.15) is 0 Å². The second kappa shape index (κ2) is 7.37. The summed E-state index contributed by atoms with van der Waals surface area (Å²) >= 11 is 5.93. The first-order valence-corrected chi connectivity index (χ1v) is 8.00. The number of rotatable bonds is 5. The molecule has 116 valence electrons. The van der Waals surface area contributed by atoms with Crippen LogP contribution in [0.1, 0.15) is 38.2 Å². The summed E-state index contributed by atoms with van der Waals surface area (Å²) in [6.45, 7) is 6.00. The lowest BCUT2D eigenvalue weighted by Gasteiger charge is -2.32. The molecule has 0 saturated carbocycles. The zero-order chi connectivity index (χ0) is 15.4. The fourth-order valence-corrected chi connectivity index (χ4v) is 2.93. The van der Waals surface area contributed by atoms with Gasteiger partial charge in [-0.15, -0.1) is 0 Å². The molecule has 1 aliphatic rings. The van der Waals surface area contributed by atoms with Crippen molar-refractivity contribution < 1.29 is 9.18 Å². The molecule has 0 amide bonds. The third-order valence-electron chi connectivity index (χ3n) is 4.14. The Morgan fingerprint density at radius 1 is 1.29 bits per heavy atom. The van der Waals surface area contributed by atoms with Gasteiger partial charge in [0.15, 0.2) is 0 Å². The summed E-state index contributed by atoms with van der Waals surface area (Å²) in [6, 6.07) is 7.50. The molecule has 1 aromatic carbocycles. The highest BCUT2D eigenvalue weighted by Gasteiger charge is 2.27. The van der Waals surface area contributed by atoms with Crippen LogP contribution in [0.15, 0.2) is 24.3 Å². The lowest BCUT2D eigenvalue weighted by molar-refractivity contribution is -0.123. The monoisotopic (exact) mass is 311 g/mol. The number of likely N-dealkylation sites (tertiary alicyclic amines) is 1. The molecule has 0 aromatic heterocycles. The number of Topliss-reactive ketones (excluding diaryl/α,β-unsaturated/α-hetero) is 1. The van der Waals surface area contributed by atoms with Gasteiger partial charge in [0.1, 0.15) is 12.0 Å². The molecule has 2 rings (SSSR count). The maximum atomic E-state index is 13.2. The minimum Gasteiger partial charge on any atom is -0.302 e. The Bertz CT molecular complexity index is 466. The Kier molecular flexibility index (Phi) is 5.77. The van der Waals surface area contributed by atoms with Gasteiger partial charge in [-0.05, 0) is 30.5 Å². The molecule has 0 bridgehead atoms. The van der Waals surface area contributed by atoms with Crippen molar-refractivity contribution >= 4 is 17.4 Å². The van der Waals surface area contributed by atoms with Gasteiger partial charge in [0.05, 0.1) is 5.92 Å². The molecular weight excluding hydrogens is 289 g/mol. The molecule has 21 heavy (non-hydrogen) atoms. The van der Waals surface area contributed by atoms with Crippen molar-refractivity contribution in [2.24, 2.45) is 5.92 Å². The quantitative estimate of drug-likeness (QED) is 0.816. The van der Waals surface area contributed by atoms with Gasteiger partial charge in [0.25, 0.3) is 0 Å². The highest BCUT2D eigenvalue weighted by atomic mass is 35.5. The third kappa shape index (κ3) is 4.52. The molecule has 1 heterocycles. The van der Waals surface area contributed by atoms with Crippen LogP contribution in [0, 0.1) is 5.92 Å². The van der Waals surface area contributed by atoms with Crippen LogP contribution in [0.2, 0.25) is 5.02 Å². The zero-order valence-electron chi connectivity index (χ0n) is 12.7. The number of ketones is 1. The van der Waals surface area contributed by atoms with Crippen molar-refractivity contribution in [3.05, 3.63) is 34.9 Å². The zero-order valence-corrected chi connectivity index (χ0v) is 13.4. The molecule has 0 N–H and O–H groups in total. The molecule has 1 fully saturated rings. The molecule has 1 atom stereocenters. The number of nitrogens with zero attached hydrogens (tertiary/aromatic N) is 1. The minimum atomic E-state index is -0.684. The average Bonchev–Trinajstić information content (AvgIpc) is 2.47. The van der Waals surface area contributed by atoms with Gasteiger partial charge in [-0.3, -0.25) is 4.79 Å². The van der Waals surface area contributed by atoms with E-state index in [1.165, 1.54) is 0 Å². The summed E-state index contributed by atoms with van der Waals surface area (Å²) in [7, 11) is 0. The highest BCUT2D eigenvalue weighted by molar-refractivity contribution is 6.30. The SMILES string of the molecule is CC(C)C(=O)[C@@H](CN1CCC(F)CC1)c1ccc(Cl)cc1. The number of piperidine rings is 1. The molecule has 0 aliphatic carbocycles. The van der Waals surface area contributed by atoms with Crippen molar-refractivity contribution in [3.63, 3.8) is 0 Å². The predicted octanol–water partition coefficient (Wildman–Crippen LogP) is 4.08. The largest absolute Gasteiger partial charge is 0.302 e. The summed E-state index contributed by atoms with van der Waals surface area (Å²) in [5.41, 5.74) is 1.00. The van der Waals surface area contributed by atoms with Gasteiger partial charge < -0.3 is 4.90 Å². The van der Waals surface area contributed by atoms with E-state index in [0.29, 0.717) is 24.4 Å². The van der Waals surface area contributed by atoms with Gasteiger partial charge in [-0.1, -0.05) is 37.6 Å². The van der Waals surface area contributed by atoms with Gasteiger partial charge in [0.2, 0.25) is 0 Å². The molecule has 2 nitrogen and oxygen atoms in total. The second-order valence-corrected chi connectivity index (χ2v) is 6.57. The predicted molar refractivity (Wildman–Crippen MR) is 84.6 cm³/mol. The van der Waals surface area contributed by atoms with Crippen molar-refractivity contribution in [1.29, 1.82) is 0 Å². The van der Waals surface area contributed by atoms with Crippen LogP contribution in [0.5, 0.6) is 0 Å². The van der Waals surface area contributed by atoms with E-state index in [4.69, 9.17) is 11.6 Å². The van der Waals surface area contributed by atoms with E-state index in [0.717, 1.165) is 18.7 Å². The first-order valence-electron chi connectivity index (χ1n) is 7.63. The summed E-state index contributed by atoms with van der Waals surface area (Å²) in [4.78, 5) is 14.7. The number of benzene rings is 1. The Hall–Kier alpha value is -0.930. The molecule has 0 spiro atoms. The van der Waals surface area contributed by atoms with Crippen LogP contribution in [0.25, 0.3) is 0 Å². The Morgan fingerprint density at radius 2 is 1.86 bits per heavy atom. The van der Waals surface area contributed by atoms with Crippen LogP contribution >= 0.6 is 11.6 Å². The molecule has 1 aliphatic heterocycles. The van der Waals surface area contributed by atoms with Crippen LogP contribution in [-0.4, -0.2) is 36.5 Å². The molecule has 1 saturated heterocycles. The van der Waals surface area contributed by atoms with E-state index in [2.05, 4.69) is 4.90 Å². The maximum absolute atomic E-state index is 13.2. The smallest absolute Gasteiger partial charge is 0.144 e. The minimum absolute atomic E-state index is 0.00982. The van der Waals surface area contributed by atoms with Crippen molar-refractivity contribution in [2.75, 3.05) is 19.6 Å². The fraction of sp³-hybridized carbons (Fsp3) is 0.588. The van der Waals surface area contributed by atoms with E-state index in [-0.39, 0.29) is 17.6 Å². The van der Waals surface area contributed by atoms with Crippen molar-refractivity contribution in [2.45, 2.75) is 38.8 Å². The number of carbonyl (C=O) groups is 1. The van der Waals surface area contributed by atoms with E-state index in [9.17, 15) is 9.18 Å². The number of carbonyl (C=O) groups excluding carboxylic acids is 1. The van der Waals surface area contributed by atoms with Crippen LogP contribution in [0.4, 0.5) is 4.39 Å². The molecule has 0 unspecified atom stereocenters. The Balaban J connectivity index is 2.12. The van der Waals surface area contributed by atoms with Crippen LogP contribution in [0.3, 0.4) is 0 Å². The molecule has 0 radical (unpaired) electrons. The van der Waals surface area contributed by atoms with E-state index in [1.807, 2.05) is 38.1 Å². The van der Waals surface area contributed by atoms with Crippen LogP contribution in [-0.2, 0) is 4.79 Å². The summed E-state index contributed by atoms with van der Waals surface area (Å²) < 4.78 is 13.2. The fourth-order valence-electron chi connectivity index (χ4n) is 2.80. The first kappa shape index (κ1) is 16.4. The standard InChI is InChI=1S/C17H23ClFNO/c1-12(2)17(21)16(13-3-5-14(18)6-4-13)11-20-9-7-15(19)8-10-20/h3-6,12,15-16H,7-11H2,1-2H3/t16-/m0/s1. The molecule has 4 heteroatoms. The van der Waals surface area contributed by atoms with Gasteiger partial charge in [-0.25, -0.2) is 4.39 Å². The second-order valence-electron chi connectivity index (χ2n) is 6.14. The van der Waals surface area contributed by atoms with Crippen molar-refractivity contribution in [1.82, 2.24) is 4.90 Å². The average molecular weight is 312 g/mol. The lowest BCUT2D eigenvalue weighted by atomic mass is 9.88. The van der Waals surface area contributed by atoms with Crippen LogP contribution < -0.4 is 0 Å². The lowest BCUT2D eigenvalue weighted by Crippen LogP contribution is -2.39. The topological polar surface area (TPSA) is 20.3 Å². The van der Waals surface area contributed by atoms with E-state index in [1.54, 1.807) is 0 Å². The summed E-state index contributed by atoms with van der Waals surface area (Å²) in [5.74, 6) is 0.0718. The number of alkyl halides is 1. The number of hydrogen-bond acceptors (Lipinski definition) is 2. The normalized spacial score (nSPS) is 18.9. The first-order chi connectivity index (χ1) is 9.97. The Morgan fingerprint density at radius 3 is 2.38 bits per heavy atom. The Labute approximate surface area is 131 Å². The van der Waals surface area contributed by atoms with E-state index < -0.39 is 6.17 Å².